The zero-order chi connectivity index (χ0) is 11.5. The zero-order valence-electron chi connectivity index (χ0n) is 9.47. The fourth-order valence-electron chi connectivity index (χ4n) is 0.946. The van der Waals surface area contributed by atoms with Gasteiger partial charge in [-0.3, -0.25) is 0 Å². The lowest BCUT2D eigenvalue weighted by Gasteiger charge is -2.25. The molecule has 15 heavy (non-hydrogen) atoms. The van der Waals surface area contributed by atoms with E-state index in [1.54, 1.807) is 0 Å². The Hall–Kier alpha value is -1.03. The summed E-state index contributed by atoms with van der Waals surface area (Å²) in [4.78, 5) is 8.06. The van der Waals surface area contributed by atoms with Gasteiger partial charge in [-0.25, -0.2) is 4.98 Å². The first-order valence-corrected chi connectivity index (χ1v) is 5.21. The number of aromatic nitrogens is 2. The van der Waals surface area contributed by atoms with E-state index in [2.05, 4.69) is 36.1 Å². The summed E-state index contributed by atoms with van der Waals surface area (Å²) in [5.74, 6) is 0.607. The van der Waals surface area contributed by atoms with Gasteiger partial charge in [0.25, 0.3) is 0 Å². The highest BCUT2D eigenvalue weighted by Gasteiger charge is 2.17. The third-order valence-corrected chi connectivity index (χ3v) is 2.52. The molecular weight excluding hydrogens is 214 g/mol. The molecule has 0 radical (unpaired) electrons. The van der Waals surface area contributed by atoms with Crippen LogP contribution in [-0.2, 0) is 0 Å². The van der Waals surface area contributed by atoms with Crippen molar-refractivity contribution in [3.8, 4) is 6.01 Å². The van der Waals surface area contributed by atoms with E-state index in [1.807, 2.05) is 0 Å². The van der Waals surface area contributed by atoms with Gasteiger partial charge in [0.05, 0.1) is 13.3 Å². The first-order valence-electron chi connectivity index (χ1n) is 4.83. The van der Waals surface area contributed by atoms with Crippen LogP contribution in [0.1, 0.15) is 27.2 Å². The normalized spacial score (nSPS) is 11.3. The van der Waals surface area contributed by atoms with Gasteiger partial charge in [-0.2, -0.15) is 4.98 Å². The molecule has 0 aliphatic carbocycles. The molecule has 0 saturated heterocycles. The van der Waals surface area contributed by atoms with Crippen molar-refractivity contribution in [3.63, 3.8) is 0 Å². The maximum atomic E-state index is 5.97. The van der Waals surface area contributed by atoms with Crippen molar-refractivity contribution >= 4 is 17.4 Å². The molecule has 0 atom stereocenters. The van der Waals surface area contributed by atoms with E-state index >= 15 is 0 Å². The van der Waals surface area contributed by atoms with E-state index in [9.17, 15) is 0 Å². The Kier molecular flexibility index (Phi) is 3.74. The molecule has 0 bridgehead atoms. The Morgan fingerprint density at radius 3 is 2.73 bits per heavy atom. The van der Waals surface area contributed by atoms with Crippen molar-refractivity contribution in [2.75, 3.05) is 12.4 Å². The minimum Gasteiger partial charge on any atom is -0.467 e. The smallest absolute Gasteiger partial charge is 0.318 e. The molecule has 0 amide bonds. The van der Waals surface area contributed by atoms with Gasteiger partial charge >= 0.3 is 6.01 Å². The molecule has 0 aliphatic rings. The Morgan fingerprint density at radius 1 is 1.53 bits per heavy atom. The Balaban J connectivity index is 2.93. The van der Waals surface area contributed by atoms with Crippen LogP contribution >= 0.6 is 11.6 Å². The molecule has 1 N–H and O–H groups in total. The van der Waals surface area contributed by atoms with E-state index in [-0.39, 0.29) is 5.54 Å². The van der Waals surface area contributed by atoms with Gasteiger partial charge in [0.1, 0.15) is 5.02 Å². The number of hydrogen-bond donors (Lipinski definition) is 1. The highest BCUT2D eigenvalue weighted by atomic mass is 35.5. The molecule has 1 heterocycles. The highest BCUT2D eigenvalue weighted by Crippen LogP contribution is 2.24. The maximum Gasteiger partial charge on any atom is 0.318 e. The summed E-state index contributed by atoms with van der Waals surface area (Å²) in [5, 5.41) is 3.75. The predicted molar refractivity (Wildman–Crippen MR) is 61.6 cm³/mol. The summed E-state index contributed by atoms with van der Waals surface area (Å²) < 4.78 is 4.94. The minimum absolute atomic E-state index is 0.0526. The SMILES string of the molecule is CCC(C)(C)Nc1nc(OC)ncc1Cl. The lowest BCUT2D eigenvalue weighted by Crippen LogP contribution is -2.30. The molecule has 0 unspecified atom stereocenters. The molecule has 1 rings (SSSR count). The molecule has 4 nitrogen and oxygen atoms in total. The molecule has 0 saturated carbocycles. The highest BCUT2D eigenvalue weighted by molar-refractivity contribution is 6.32. The molecule has 0 fully saturated rings. The third-order valence-electron chi connectivity index (χ3n) is 2.25. The quantitative estimate of drug-likeness (QED) is 0.863. The van der Waals surface area contributed by atoms with Crippen LogP contribution in [0, 0.1) is 0 Å². The second-order valence-electron chi connectivity index (χ2n) is 3.92. The van der Waals surface area contributed by atoms with Gasteiger partial charge < -0.3 is 10.1 Å². The number of hydrogen-bond acceptors (Lipinski definition) is 4. The van der Waals surface area contributed by atoms with E-state index in [1.165, 1.54) is 13.3 Å². The van der Waals surface area contributed by atoms with E-state index < -0.39 is 0 Å². The third kappa shape index (κ3) is 3.23. The maximum absolute atomic E-state index is 5.97. The van der Waals surface area contributed by atoms with Crippen molar-refractivity contribution in [1.82, 2.24) is 9.97 Å². The predicted octanol–water partition coefficient (Wildman–Crippen LogP) is 2.74. The minimum atomic E-state index is -0.0526. The van der Waals surface area contributed by atoms with Crippen molar-refractivity contribution in [3.05, 3.63) is 11.2 Å². The van der Waals surface area contributed by atoms with Gasteiger partial charge in [0.2, 0.25) is 0 Å². The van der Waals surface area contributed by atoms with Crippen molar-refractivity contribution < 1.29 is 4.74 Å². The van der Waals surface area contributed by atoms with Crippen LogP contribution in [0.25, 0.3) is 0 Å². The first-order chi connectivity index (χ1) is 6.98. The zero-order valence-corrected chi connectivity index (χ0v) is 10.2. The molecule has 1 aromatic heterocycles. The number of nitrogens with zero attached hydrogens (tertiary/aromatic N) is 2. The van der Waals surface area contributed by atoms with Crippen molar-refractivity contribution in [1.29, 1.82) is 0 Å². The number of nitrogens with one attached hydrogen (secondary N) is 1. The largest absolute Gasteiger partial charge is 0.467 e. The Morgan fingerprint density at radius 2 is 2.20 bits per heavy atom. The van der Waals surface area contributed by atoms with Crippen LogP contribution in [0.5, 0.6) is 6.01 Å². The number of halogens is 1. The monoisotopic (exact) mass is 229 g/mol. The van der Waals surface area contributed by atoms with Gasteiger partial charge in [-0.1, -0.05) is 18.5 Å². The Labute approximate surface area is 95.0 Å². The molecule has 1 aromatic rings. The van der Waals surface area contributed by atoms with E-state index in [0.717, 1.165) is 6.42 Å². The topological polar surface area (TPSA) is 47.0 Å². The second-order valence-corrected chi connectivity index (χ2v) is 4.32. The fourth-order valence-corrected chi connectivity index (χ4v) is 1.08. The van der Waals surface area contributed by atoms with Crippen LogP contribution in [0.2, 0.25) is 5.02 Å². The molecule has 0 spiro atoms. The second kappa shape index (κ2) is 4.66. The average Bonchev–Trinajstić information content (AvgIpc) is 2.21. The number of anilines is 1. The number of rotatable bonds is 4. The van der Waals surface area contributed by atoms with Crippen LogP contribution in [-0.4, -0.2) is 22.6 Å². The summed E-state index contributed by atoms with van der Waals surface area (Å²) in [5.41, 5.74) is -0.0526. The standard InChI is InChI=1S/C10H16ClN3O/c1-5-10(2,3)14-8-7(11)6-12-9(13-8)15-4/h6H,5H2,1-4H3,(H,12,13,14). The Bertz CT molecular complexity index is 341. The summed E-state index contributed by atoms with van der Waals surface area (Å²) in [6, 6.07) is 0.314. The summed E-state index contributed by atoms with van der Waals surface area (Å²) in [6.45, 7) is 6.26. The molecule has 0 aliphatic heterocycles. The molecule has 0 aromatic carbocycles. The van der Waals surface area contributed by atoms with Crippen LogP contribution in [0.15, 0.2) is 6.20 Å². The van der Waals surface area contributed by atoms with Gasteiger partial charge in [0.15, 0.2) is 5.82 Å². The van der Waals surface area contributed by atoms with E-state index in [0.29, 0.717) is 16.9 Å². The first kappa shape index (κ1) is 12.0. The number of ether oxygens (including phenoxy) is 1. The van der Waals surface area contributed by atoms with Gasteiger partial charge in [0, 0.05) is 5.54 Å². The van der Waals surface area contributed by atoms with Crippen LogP contribution < -0.4 is 10.1 Å². The fraction of sp³-hybridized carbons (Fsp3) is 0.600. The van der Waals surface area contributed by atoms with Crippen LogP contribution in [0.3, 0.4) is 0 Å². The van der Waals surface area contributed by atoms with Crippen molar-refractivity contribution in [2.45, 2.75) is 32.7 Å². The van der Waals surface area contributed by atoms with Gasteiger partial charge in [-0.05, 0) is 20.3 Å². The summed E-state index contributed by atoms with van der Waals surface area (Å²) >= 11 is 5.97. The lowest BCUT2D eigenvalue weighted by atomic mass is 10.0. The molecule has 5 heteroatoms. The molecular formula is C10H16ClN3O. The lowest BCUT2D eigenvalue weighted by molar-refractivity contribution is 0.380. The van der Waals surface area contributed by atoms with Crippen LogP contribution in [0.4, 0.5) is 5.82 Å². The average molecular weight is 230 g/mol. The molecule has 84 valence electrons. The number of methoxy groups -OCH3 is 1. The van der Waals surface area contributed by atoms with Crippen molar-refractivity contribution in [2.24, 2.45) is 0 Å². The van der Waals surface area contributed by atoms with Gasteiger partial charge in [-0.15, -0.1) is 0 Å². The summed E-state index contributed by atoms with van der Waals surface area (Å²) in [7, 11) is 1.53. The van der Waals surface area contributed by atoms with E-state index in [4.69, 9.17) is 16.3 Å². The summed E-state index contributed by atoms with van der Waals surface area (Å²) in [6.07, 6.45) is 2.50.